The zero-order valence-electron chi connectivity index (χ0n) is 18.5. The van der Waals surface area contributed by atoms with E-state index in [-0.39, 0.29) is 21.5 Å². The number of nitrogens with zero attached hydrogens (tertiary/aromatic N) is 2. The van der Waals surface area contributed by atoms with Crippen molar-refractivity contribution in [3.63, 3.8) is 0 Å². The monoisotopic (exact) mass is 494 g/mol. The predicted molar refractivity (Wildman–Crippen MR) is 128 cm³/mol. The van der Waals surface area contributed by atoms with Gasteiger partial charge in [-0.25, -0.2) is 12.8 Å². The van der Waals surface area contributed by atoms with Gasteiger partial charge in [-0.15, -0.1) is 0 Å². The van der Waals surface area contributed by atoms with Crippen LogP contribution in [-0.4, -0.2) is 58.5 Å². The summed E-state index contributed by atoms with van der Waals surface area (Å²) >= 11 is 5.76. The molecule has 0 radical (unpaired) electrons. The molecule has 0 bridgehead atoms. The molecule has 178 valence electrons. The van der Waals surface area contributed by atoms with Crippen molar-refractivity contribution in [2.45, 2.75) is 24.7 Å². The smallest absolute Gasteiger partial charge is 0.261 e. The second-order valence-electron chi connectivity index (χ2n) is 8.63. The molecule has 1 amide bonds. The fourth-order valence-electron chi connectivity index (χ4n) is 4.19. The highest BCUT2D eigenvalue weighted by molar-refractivity contribution is 7.92. The first-order chi connectivity index (χ1) is 15.7. The highest BCUT2D eigenvalue weighted by Gasteiger charge is 2.26. The van der Waals surface area contributed by atoms with E-state index in [1.807, 2.05) is 4.90 Å². The molecule has 0 aromatic heterocycles. The van der Waals surface area contributed by atoms with Crippen LogP contribution in [0.25, 0.3) is 0 Å². The van der Waals surface area contributed by atoms with E-state index in [4.69, 9.17) is 11.6 Å². The van der Waals surface area contributed by atoms with Gasteiger partial charge in [-0.3, -0.25) is 9.52 Å². The summed E-state index contributed by atoms with van der Waals surface area (Å²) in [5.41, 5.74) is 1.54. The number of nitrogens with one attached hydrogen (secondary N) is 2. The molecule has 0 unspecified atom stereocenters. The topological polar surface area (TPSA) is 81.8 Å². The SMILES string of the molecule is CC1CCN(C(=O)c2cc(NS(=O)(=O)c3ccc(F)c(Cl)c3)ccc2N2CCNCC2)CC1. The lowest BCUT2D eigenvalue weighted by Crippen LogP contribution is -2.45. The molecule has 33 heavy (non-hydrogen) atoms. The second-order valence-corrected chi connectivity index (χ2v) is 10.7. The minimum Gasteiger partial charge on any atom is -0.368 e. The van der Waals surface area contributed by atoms with E-state index in [1.165, 1.54) is 0 Å². The summed E-state index contributed by atoms with van der Waals surface area (Å²) in [4.78, 5) is 17.3. The van der Waals surface area contributed by atoms with Gasteiger partial charge in [-0.1, -0.05) is 18.5 Å². The third-order valence-corrected chi connectivity index (χ3v) is 7.88. The van der Waals surface area contributed by atoms with Crippen LogP contribution in [0, 0.1) is 11.7 Å². The molecule has 0 spiro atoms. The molecule has 10 heteroatoms. The largest absolute Gasteiger partial charge is 0.368 e. The van der Waals surface area contributed by atoms with Crippen LogP contribution in [0.2, 0.25) is 5.02 Å². The molecule has 2 heterocycles. The third kappa shape index (κ3) is 5.42. The second kappa shape index (κ2) is 9.87. The van der Waals surface area contributed by atoms with E-state index < -0.39 is 15.8 Å². The molecule has 2 aromatic rings. The van der Waals surface area contributed by atoms with Crippen LogP contribution in [0.4, 0.5) is 15.8 Å². The van der Waals surface area contributed by atoms with Crippen molar-refractivity contribution < 1.29 is 17.6 Å². The fraction of sp³-hybridized carbons (Fsp3) is 0.435. The molecule has 2 aromatic carbocycles. The van der Waals surface area contributed by atoms with Crippen LogP contribution >= 0.6 is 11.6 Å². The first kappa shape index (κ1) is 23.8. The lowest BCUT2D eigenvalue weighted by Gasteiger charge is -2.34. The average molecular weight is 495 g/mol. The van der Waals surface area contributed by atoms with Crippen molar-refractivity contribution in [1.82, 2.24) is 10.2 Å². The van der Waals surface area contributed by atoms with Crippen LogP contribution in [0.5, 0.6) is 0 Å². The number of likely N-dealkylation sites (tertiary alicyclic amines) is 1. The van der Waals surface area contributed by atoms with Gasteiger partial charge in [0.25, 0.3) is 15.9 Å². The number of carbonyl (C=O) groups excluding carboxylic acids is 1. The van der Waals surface area contributed by atoms with Gasteiger partial charge in [0.15, 0.2) is 0 Å². The fourth-order valence-corrected chi connectivity index (χ4v) is 5.51. The summed E-state index contributed by atoms with van der Waals surface area (Å²) < 4.78 is 41.7. The number of carbonyl (C=O) groups is 1. The maximum Gasteiger partial charge on any atom is 0.261 e. The van der Waals surface area contributed by atoms with Crippen molar-refractivity contribution in [1.29, 1.82) is 0 Å². The summed E-state index contributed by atoms with van der Waals surface area (Å²) in [5.74, 6) is -0.205. The molecular weight excluding hydrogens is 467 g/mol. The Hall–Kier alpha value is -2.36. The summed E-state index contributed by atoms with van der Waals surface area (Å²) in [6.45, 7) is 6.71. The van der Waals surface area contributed by atoms with Gasteiger partial charge in [0.05, 0.1) is 15.5 Å². The van der Waals surface area contributed by atoms with Crippen molar-refractivity contribution >= 4 is 38.9 Å². The Bertz CT molecular complexity index is 1130. The van der Waals surface area contributed by atoms with E-state index in [9.17, 15) is 17.6 Å². The third-order valence-electron chi connectivity index (χ3n) is 6.21. The Morgan fingerprint density at radius 3 is 2.45 bits per heavy atom. The number of amides is 1. The summed E-state index contributed by atoms with van der Waals surface area (Å²) in [6.07, 6.45) is 1.90. The number of hydrogen-bond donors (Lipinski definition) is 2. The van der Waals surface area contributed by atoms with Crippen LogP contribution in [0.1, 0.15) is 30.1 Å². The Balaban J connectivity index is 1.65. The van der Waals surface area contributed by atoms with E-state index in [0.29, 0.717) is 24.6 Å². The molecule has 2 saturated heterocycles. The quantitative estimate of drug-likeness (QED) is 0.664. The van der Waals surface area contributed by atoms with Crippen molar-refractivity contribution in [2.24, 2.45) is 5.92 Å². The Kier molecular flexibility index (Phi) is 7.11. The van der Waals surface area contributed by atoms with Gasteiger partial charge in [0.2, 0.25) is 0 Å². The van der Waals surface area contributed by atoms with Crippen LogP contribution in [0.15, 0.2) is 41.3 Å². The number of piperazine rings is 1. The standard InChI is InChI=1S/C23H28ClFN4O3S/c1-16-6-10-29(11-7-16)23(30)19-14-17(2-5-22(19)28-12-8-26-9-13-28)27-33(31,32)18-3-4-21(25)20(24)15-18/h2-5,14-16,26-27H,6-13H2,1H3. The first-order valence-corrected chi connectivity index (χ1v) is 13.0. The predicted octanol–water partition coefficient (Wildman–Crippen LogP) is 3.56. The van der Waals surface area contributed by atoms with Crippen molar-refractivity contribution in [3.05, 3.63) is 52.8 Å². The molecule has 0 aliphatic carbocycles. The number of anilines is 2. The minimum atomic E-state index is -4.01. The van der Waals surface area contributed by atoms with Gasteiger partial charge in [0, 0.05) is 50.6 Å². The number of sulfonamides is 1. The first-order valence-electron chi connectivity index (χ1n) is 11.1. The van der Waals surface area contributed by atoms with Gasteiger partial charge < -0.3 is 15.1 Å². The normalized spacial score (nSPS) is 17.8. The minimum absolute atomic E-state index is 0.0960. The lowest BCUT2D eigenvalue weighted by molar-refractivity contribution is 0.0698. The average Bonchev–Trinajstić information content (AvgIpc) is 2.81. The Morgan fingerprint density at radius 1 is 1.09 bits per heavy atom. The zero-order valence-corrected chi connectivity index (χ0v) is 20.1. The number of hydrogen-bond acceptors (Lipinski definition) is 5. The van der Waals surface area contributed by atoms with Gasteiger partial charge in [-0.05, 0) is 55.2 Å². The molecule has 7 nitrogen and oxygen atoms in total. The van der Waals surface area contributed by atoms with Crippen molar-refractivity contribution in [3.8, 4) is 0 Å². The van der Waals surface area contributed by atoms with E-state index in [2.05, 4.69) is 21.9 Å². The van der Waals surface area contributed by atoms with Crippen LogP contribution < -0.4 is 14.9 Å². The summed E-state index contributed by atoms with van der Waals surface area (Å²) in [7, 11) is -4.01. The maximum atomic E-state index is 13.5. The van der Waals surface area contributed by atoms with E-state index >= 15 is 0 Å². The highest BCUT2D eigenvalue weighted by atomic mass is 35.5. The van der Waals surface area contributed by atoms with Gasteiger partial charge >= 0.3 is 0 Å². The molecular formula is C23H28ClFN4O3S. The zero-order chi connectivity index (χ0) is 23.6. The lowest BCUT2D eigenvalue weighted by atomic mass is 9.98. The Morgan fingerprint density at radius 2 is 1.79 bits per heavy atom. The number of halogens is 2. The molecule has 4 rings (SSSR count). The Labute approximate surface area is 199 Å². The van der Waals surface area contributed by atoms with Gasteiger partial charge in [-0.2, -0.15) is 0 Å². The van der Waals surface area contributed by atoms with Crippen LogP contribution in [0.3, 0.4) is 0 Å². The number of rotatable bonds is 5. The molecule has 2 N–H and O–H groups in total. The van der Waals surface area contributed by atoms with Crippen LogP contribution in [-0.2, 0) is 10.0 Å². The van der Waals surface area contributed by atoms with Gasteiger partial charge in [0.1, 0.15) is 5.82 Å². The van der Waals surface area contributed by atoms with E-state index in [0.717, 1.165) is 62.9 Å². The molecule has 0 atom stereocenters. The summed E-state index contributed by atoms with van der Waals surface area (Å²) in [5, 5.41) is 3.03. The maximum absolute atomic E-state index is 13.5. The molecule has 0 saturated carbocycles. The number of piperidine rings is 1. The molecule has 2 fully saturated rings. The summed E-state index contributed by atoms with van der Waals surface area (Å²) in [6, 6.07) is 8.27. The molecule has 2 aliphatic rings. The highest BCUT2D eigenvalue weighted by Crippen LogP contribution is 2.29. The van der Waals surface area contributed by atoms with E-state index in [1.54, 1.807) is 18.2 Å². The number of benzene rings is 2. The van der Waals surface area contributed by atoms with Crippen molar-refractivity contribution in [2.75, 3.05) is 48.9 Å². The molecule has 2 aliphatic heterocycles.